The molecule has 17 heavy (non-hydrogen) atoms. The second kappa shape index (κ2) is 5.71. The van der Waals surface area contributed by atoms with Crippen LogP contribution in [0.2, 0.25) is 0 Å². The summed E-state index contributed by atoms with van der Waals surface area (Å²) in [6.45, 7) is 7.86. The van der Waals surface area contributed by atoms with Gasteiger partial charge in [0.25, 0.3) is 0 Å². The normalized spacial score (nSPS) is 34.8. The van der Waals surface area contributed by atoms with Gasteiger partial charge in [-0.3, -0.25) is 0 Å². The average molecular weight is 239 g/mol. The molecule has 0 atom stereocenters. The van der Waals surface area contributed by atoms with Crippen LogP contribution in [-0.2, 0) is 0 Å². The van der Waals surface area contributed by atoms with Crippen molar-refractivity contribution in [3.05, 3.63) is 0 Å². The summed E-state index contributed by atoms with van der Waals surface area (Å²) in [6, 6.07) is 0. The fourth-order valence-electron chi connectivity index (χ4n) is 3.77. The van der Waals surface area contributed by atoms with Crippen LogP contribution in [0.1, 0.15) is 58.8 Å². The Hall–Kier alpha value is -0.0800. The Kier molecular flexibility index (Phi) is 4.48. The summed E-state index contributed by atoms with van der Waals surface area (Å²) in [7, 11) is 0. The quantitative estimate of drug-likeness (QED) is 0.818. The Morgan fingerprint density at radius 1 is 1.06 bits per heavy atom. The van der Waals surface area contributed by atoms with Crippen molar-refractivity contribution in [3.63, 3.8) is 0 Å². The van der Waals surface area contributed by atoms with Gasteiger partial charge in [-0.05, 0) is 44.1 Å². The number of hydrogen-bond acceptors (Lipinski definition) is 2. The van der Waals surface area contributed by atoms with Crippen LogP contribution in [0.3, 0.4) is 0 Å². The standard InChI is InChI=1S/C15H29NO/c1-3-13-5-7-14(8-6-13)15(17)9-11-16(4-2)12-10-15/h13-14,17H,3-12H2,1-2H3. The van der Waals surface area contributed by atoms with Crippen molar-refractivity contribution in [1.82, 2.24) is 4.90 Å². The molecule has 1 aliphatic carbocycles. The first-order valence-electron chi connectivity index (χ1n) is 7.62. The maximum absolute atomic E-state index is 10.8. The van der Waals surface area contributed by atoms with Crippen LogP contribution in [0.5, 0.6) is 0 Å². The van der Waals surface area contributed by atoms with E-state index >= 15 is 0 Å². The van der Waals surface area contributed by atoms with Crippen LogP contribution in [0, 0.1) is 11.8 Å². The molecule has 0 aromatic carbocycles. The second-order valence-electron chi connectivity index (χ2n) is 6.16. The van der Waals surface area contributed by atoms with Crippen LogP contribution >= 0.6 is 0 Å². The van der Waals surface area contributed by atoms with Gasteiger partial charge in [-0.2, -0.15) is 0 Å². The molecule has 1 N–H and O–H groups in total. The van der Waals surface area contributed by atoms with Gasteiger partial charge in [-0.1, -0.05) is 33.1 Å². The first-order chi connectivity index (χ1) is 8.18. The molecule has 2 rings (SSSR count). The lowest BCUT2D eigenvalue weighted by atomic mass is 9.69. The van der Waals surface area contributed by atoms with Crippen LogP contribution in [-0.4, -0.2) is 35.2 Å². The number of aliphatic hydroxyl groups is 1. The van der Waals surface area contributed by atoms with E-state index in [2.05, 4.69) is 18.7 Å². The van der Waals surface area contributed by atoms with Gasteiger partial charge in [0.1, 0.15) is 0 Å². The molecule has 0 aromatic heterocycles. The summed E-state index contributed by atoms with van der Waals surface area (Å²) >= 11 is 0. The van der Waals surface area contributed by atoms with Crippen LogP contribution < -0.4 is 0 Å². The molecular formula is C15H29NO. The summed E-state index contributed by atoms with van der Waals surface area (Å²) < 4.78 is 0. The minimum absolute atomic E-state index is 0.329. The molecule has 1 heterocycles. The van der Waals surface area contributed by atoms with Crippen molar-refractivity contribution in [2.75, 3.05) is 19.6 Å². The molecule has 0 spiro atoms. The third kappa shape index (κ3) is 3.03. The van der Waals surface area contributed by atoms with Crippen molar-refractivity contribution in [2.24, 2.45) is 11.8 Å². The highest BCUT2D eigenvalue weighted by molar-refractivity contribution is 4.93. The number of hydrogen-bond donors (Lipinski definition) is 1. The van der Waals surface area contributed by atoms with Gasteiger partial charge in [0, 0.05) is 13.1 Å². The van der Waals surface area contributed by atoms with Crippen molar-refractivity contribution in [2.45, 2.75) is 64.4 Å². The molecule has 2 aliphatic rings. The van der Waals surface area contributed by atoms with Gasteiger partial charge in [0.2, 0.25) is 0 Å². The lowest BCUT2D eigenvalue weighted by molar-refractivity contribution is -0.0802. The topological polar surface area (TPSA) is 23.5 Å². The molecule has 1 saturated heterocycles. The SMILES string of the molecule is CCC1CCC(C2(O)CCN(CC)CC2)CC1. The molecule has 2 fully saturated rings. The second-order valence-corrected chi connectivity index (χ2v) is 6.16. The fraction of sp³-hybridized carbons (Fsp3) is 1.00. The van der Waals surface area contributed by atoms with Gasteiger partial charge in [-0.25, -0.2) is 0 Å². The number of piperidine rings is 1. The summed E-state index contributed by atoms with van der Waals surface area (Å²) in [4.78, 5) is 2.46. The monoisotopic (exact) mass is 239 g/mol. The van der Waals surface area contributed by atoms with Gasteiger partial charge in [-0.15, -0.1) is 0 Å². The molecule has 2 nitrogen and oxygen atoms in total. The zero-order valence-electron chi connectivity index (χ0n) is 11.6. The van der Waals surface area contributed by atoms with Crippen molar-refractivity contribution < 1.29 is 5.11 Å². The Morgan fingerprint density at radius 3 is 2.12 bits per heavy atom. The summed E-state index contributed by atoms with van der Waals surface area (Å²) in [5, 5.41) is 10.8. The largest absolute Gasteiger partial charge is 0.390 e. The lowest BCUT2D eigenvalue weighted by Crippen LogP contribution is -2.49. The van der Waals surface area contributed by atoms with Crippen molar-refractivity contribution in [3.8, 4) is 0 Å². The third-order valence-corrected chi connectivity index (χ3v) is 5.35. The Bertz CT molecular complexity index is 225. The summed E-state index contributed by atoms with van der Waals surface area (Å²) in [5.74, 6) is 1.52. The van der Waals surface area contributed by atoms with Gasteiger partial charge in [0.05, 0.1) is 5.60 Å². The smallest absolute Gasteiger partial charge is 0.0700 e. The van der Waals surface area contributed by atoms with Gasteiger partial charge < -0.3 is 10.0 Å². The summed E-state index contributed by atoms with van der Waals surface area (Å²) in [6.07, 6.45) is 8.56. The van der Waals surface area contributed by atoms with Gasteiger partial charge >= 0.3 is 0 Å². The number of likely N-dealkylation sites (tertiary alicyclic amines) is 1. The predicted molar refractivity (Wildman–Crippen MR) is 72.0 cm³/mol. The van der Waals surface area contributed by atoms with E-state index in [1.54, 1.807) is 0 Å². The van der Waals surface area contributed by atoms with E-state index in [0.29, 0.717) is 5.92 Å². The zero-order chi connectivity index (χ0) is 12.3. The highest BCUT2D eigenvalue weighted by atomic mass is 16.3. The maximum Gasteiger partial charge on any atom is 0.0700 e. The molecule has 2 heteroatoms. The molecule has 0 aromatic rings. The highest BCUT2D eigenvalue weighted by Crippen LogP contribution is 2.41. The molecular weight excluding hydrogens is 210 g/mol. The average Bonchev–Trinajstić information content (AvgIpc) is 2.40. The van der Waals surface area contributed by atoms with E-state index in [4.69, 9.17) is 0 Å². The van der Waals surface area contributed by atoms with Crippen LogP contribution in [0.15, 0.2) is 0 Å². The van der Waals surface area contributed by atoms with E-state index in [0.717, 1.165) is 38.4 Å². The summed E-state index contributed by atoms with van der Waals surface area (Å²) in [5.41, 5.74) is -0.329. The van der Waals surface area contributed by atoms with E-state index in [9.17, 15) is 5.11 Å². The predicted octanol–water partition coefficient (Wildman–Crippen LogP) is 3.05. The van der Waals surface area contributed by atoms with E-state index in [1.165, 1.54) is 32.1 Å². The molecule has 0 bridgehead atoms. The minimum Gasteiger partial charge on any atom is -0.390 e. The molecule has 100 valence electrons. The number of nitrogens with zero attached hydrogens (tertiary/aromatic N) is 1. The van der Waals surface area contributed by atoms with E-state index in [1.807, 2.05) is 0 Å². The van der Waals surface area contributed by atoms with Crippen LogP contribution in [0.4, 0.5) is 0 Å². The lowest BCUT2D eigenvalue weighted by Gasteiger charge is -2.45. The maximum atomic E-state index is 10.8. The molecule has 1 aliphatic heterocycles. The molecule has 0 unspecified atom stereocenters. The van der Waals surface area contributed by atoms with Gasteiger partial charge in [0.15, 0.2) is 0 Å². The molecule has 0 radical (unpaired) electrons. The number of rotatable bonds is 3. The molecule has 1 saturated carbocycles. The third-order valence-electron chi connectivity index (χ3n) is 5.35. The van der Waals surface area contributed by atoms with Crippen molar-refractivity contribution in [1.29, 1.82) is 0 Å². The molecule has 0 amide bonds. The Labute approximate surface area is 106 Å². The van der Waals surface area contributed by atoms with Crippen molar-refractivity contribution >= 4 is 0 Å². The highest BCUT2D eigenvalue weighted by Gasteiger charge is 2.40. The van der Waals surface area contributed by atoms with E-state index in [-0.39, 0.29) is 5.60 Å². The van der Waals surface area contributed by atoms with Crippen LogP contribution in [0.25, 0.3) is 0 Å². The minimum atomic E-state index is -0.329. The Morgan fingerprint density at radius 2 is 1.65 bits per heavy atom. The first kappa shape index (κ1) is 13.4. The Balaban J connectivity index is 1.85. The first-order valence-corrected chi connectivity index (χ1v) is 7.62. The van der Waals surface area contributed by atoms with E-state index < -0.39 is 0 Å². The zero-order valence-corrected chi connectivity index (χ0v) is 11.6. The fourth-order valence-corrected chi connectivity index (χ4v) is 3.77.